The van der Waals surface area contributed by atoms with Gasteiger partial charge in [-0.15, -0.1) is 0 Å². The first-order valence-electron chi connectivity index (χ1n) is 6.38. The Hall–Kier alpha value is -0.930. The van der Waals surface area contributed by atoms with Gasteiger partial charge in [-0.25, -0.2) is 0 Å². The fraction of sp³-hybridized carbons (Fsp3) is 0.917. The summed E-state index contributed by atoms with van der Waals surface area (Å²) in [4.78, 5) is 14.1. The zero-order valence-electron chi connectivity index (χ0n) is 9.85. The van der Waals surface area contributed by atoms with E-state index in [1.54, 1.807) is 0 Å². The Kier molecular flexibility index (Phi) is 2.26. The van der Waals surface area contributed by atoms with Gasteiger partial charge in [-0.3, -0.25) is 4.79 Å². The predicted octanol–water partition coefficient (Wildman–Crippen LogP) is 2.21. The van der Waals surface area contributed by atoms with Gasteiger partial charge in [-0.1, -0.05) is 6.42 Å². The first-order chi connectivity index (χ1) is 7.66. The average molecular weight is 221 g/mol. The topological polar surface area (TPSA) is 45.0 Å². The molecule has 2 unspecified atom stereocenters. The molecule has 4 nitrogen and oxygen atoms in total. The maximum Gasteiger partial charge on any atom is 0.222 e. The predicted molar refractivity (Wildman–Crippen MR) is 59.9 cm³/mol. The molecule has 1 saturated carbocycles. The highest BCUT2D eigenvalue weighted by molar-refractivity contribution is 5.76. The summed E-state index contributed by atoms with van der Waals surface area (Å²) < 4.78 is 0. The summed E-state index contributed by atoms with van der Waals surface area (Å²) in [5, 5.41) is 7.89. The Morgan fingerprint density at radius 1 is 1.31 bits per heavy atom. The smallest absolute Gasteiger partial charge is 0.222 e. The molecule has 3 rings (SSSR count). The third-order valence-electron chi connectivity index (χ3n) is 4.33. The Morgan fingerprint density at radius 2 is 1.94 bits per heavy atom. The summed E-state index contributed by atoms with van der Waals surface area (Å²) in [5.74, 6) is 1.91. The molecule has 3 aliphatic rings. The van der Waals surface area contributed by atoms with Gasteiger partial charge < -0.3 is 4.90 Å². The van der Waals surface area contributed by atoms with Crippen molar-refractivity contribution in [2.45, 2.75) is 44.7 Å². The molecule has 2 aliphatic heterocycles. The van der Waals surface area contributed by atoms with Crippen molar-refractivity contribution in [3.05, 3.63) is 0 Å². The SMILES string of the molecule is CC1(CCC(=O)N2CC3CCCC3C2)N=N1. The summed E-state index contributed by atoms with van der Waals surface area (Å²) >= 11 is 0. The molecule has 0 aromatic heterocycles. The van der Waals surface area contributed by atoms with Crippen molar-refractivity contribution in [3.63, 3.8) is 0 Å². The standard InChI is InChI=1S/C12H19N3O/c1-12(13-14-12)6-5-11(16)15-7-9-3-2-4-10(9)8-15/h9-10H,2-8H2,1H3. The Labute approximate surface area is 96.1 Å². The van der Waals surface area contributed by atoms with E-state index in [0.717, 1.165) is 31.3 Å². The number of nitrogens with zero attached hydrogens (tertiary/aromatic N) is 3. The zero-order valence-corrected chi connectivity index (χ0v) is 9.85. The summed E-state index contributed by atoms with van der Waals surface area (Å²) in [6.45, 7) is 4.00. The van der Waals surface area contributed by atoms with Crippen LogP contribution in [0, 0.1) is 11.8 Å². The minimum absolute atomic E-state index is 0.217. The molecule has 16 heavy (non-hydrogen) atoms. The third kappa shape index (κ3) is 1.85. The second-order valence-electron chi connectivity index (χ2n) is 5.67. The molecule has 0 aromatic carbocycles. The van der Waals surface area contributed by atoms with Crippen LogP contribution in [0.4, 0.5) is 0 Å². The lowest BCUT2D eigenvalue weighted by Gasteiger charge is -2.17. The van der Waals surface area contributed by atoms with Crippen LogP contribution in [-0.4, -0.2) is 29.6 Å². The second kappa shape index (κ2) is 3.54. The highest BCUT2D eigenvalue weighted by Gasteiger charge is 2.39. The monoisotopic (exact) mass is 221 g/mol. The van der Waals surface area contributed by atoms with Crippen LogP contribution in [0.25, 0.3) is 0 Å². The molecular weight excluding hydrogens is 202 g/mol. The molecule has 2 heterocycles. The number of carbonyl (C=O) groups excluding carboxylic acids is 1. The van der Waals surface area contributed by atoms with Gasteiger partial charge in [-0.05, 0) is 31.6 Å². The number of rotatable bonds is 3. The maximum absolute atomic E-state index is 12.0. The van der Waals surface area contributed by atoms with Crippen molar-refractivity contribution in [1.29, 1.82) is 0 Å². The number of amides is 1. The lowest BCUT2D eigenvalue weighted by molar-refractivity contribution is -0.130. The number of carbonyl (C=O) groups is 1. The zero-order chi connectivity index (χ0) is 11.2. The number of hydrogen-bond acceptors (Lipinski definition) is 3. The molecule has 0 radical (unpaired) electrons. The molecule has 1 amide bonds. The van der Waals surface area contributed by atoms with Gasteiger partial charge in [0.15, 0.2) is 5.66 Å². The van der Waals surface area contributed by atoms with Gasteiger partial charge >= 0.3 is 0 Å². The molecule has 4 heteroatoms. The molecule has 2 atom stereocenters. The third-order valence-corrected chi connectivity index (χ3v) is 4.33. The van der Waals surface area contributed by atoms with E-state index < -0.39 is 0 Å². The minimum atomic E-state index is -0.217. The van der Waals surface area contributed by atoms with Crippen molar-refractivity contribution >= 4 is 5.91 Å². The van der Waals surface area contributed by atoms with Crippen molar-refractivity contribution in [2.75, 3.05) is 13.1 Å². The van der Waals surface area contributed by atoms with E-state index in [4.69, 9.17) is 0 Å². The minimum Gasteiger partial charge on any atom is -0.342 e. The molecule has 2 fully saturated rings. The van der Waals surface area contributed by atoms with Crippen molar-refractivity contribution in [1.82, 2.24) is 4.90 Å². The van der Waals surface area contributed by atoms with Crippen molar-refractivity contribution < 1.29 is 4.79 Å². The molecule has 1 saturated heterocycles. The van der Waals surface area contributed by atoms with Gasteiger partial charge in [0, 0.05) is 25.9 Å². The van der Waals surface area contributed by atoms with E-state index in [1.807, 2.05) is 6.92 Å². The summed E-state index contributed by atoms with van der Waals surface area (Å²) in [5.41, 5.74) is -0.217. The van der Waals surface area contributed by atoms with Crippen LogP contribution >= 0.6 is 0 Å². The molecule has 88 valence electrons. The van der Waals surface area contributed by atoms with Gasteiger partial charge in [0.2, 0.25) is 5.91 Å². The summed E-state index contributed by atoms with van der Waals surface area (Å²) in [6.07, 6.45) is 5.43. The van der Waals surface area contributed by atoms with Gasteiger partial charge in [0.1, 0.15) is 0 Å². The molecule has 0 spiro atoms. The van der Waals surface area contributed by atoms with Crippen LogP contribution in [0.2, 0.25) is 0 Å². The lowest BCUT2D eigenvalue weighted by Crippen LogP contribution is -2.30. The van der Waals surface area contributed by atoms with Crippen LogP contribution in [0.3, 0.4) is 0 Å². The van der Waals surface area contributed by atoms with E-state index in [-0.39, 0.29) is 5.66 Å². The molecule has 0 aromatic rings. The molecular formula is C12H19N3O. The van der Waals surface area contributed by atoms with Crippen molar-refractivity contribution in [3.8, 4) is 0 Å². The van der Waals surface area contributed by atoms with E-state index in [9.17, 15) is 4.79 Å². The fourth-order valence-corrected chi connectivity index (χ4v) is 3.13. The van der Waals surface area contributed by atoms with Crippen LogP contribution < -0.4 is 0 Å². The highest BCUT2D eigenvalue weighted by Crippen LogP contribution is 2.38. The van der Waals surface area contributed by atoms with E-state index in [1.165, 1.54) is 19.3 Å². The number of fused-ring (bicyclic) bond motifs is 1. The lowest BCUT2D eigenvalue weighted by atomic mass is 10.0. The highest BCUT2D eigenvalue weighted by atomic mass is 16.2. The van der Waals surface area contributed by atoms with Crippen LogP contribution in [-0.2, 0) is 4.79 Å². The van der Waals surface area contributed by atoms with Crippen LogP contribution in [0.1, 0.15) is 39.0 Å². The second-order valence-corrected chi connectivity index (χ2v) is 5.67. The summed E-state index contributed by atoms with van der Waals surface area (Å²) in [6, 6.07) is 0. The van der Waals surface area contributed by atoms with Crippen molar-refractivity contribution in [2.24, 2.45) is 22.1 Å². The Balaban J connectivity index is 1.48. The average Bonchev–Trinajstić information content (AvgIpc) is 2.69. The van der Waals surface area contributed by atoms with E-state index in [0.29, 0.717) is 12.3 Å². The molecule has 1 aliphatic carbocycles. The first kappa shape index (κ1) is 10.2. The molecule has 0 N–H and O–H groups in total. The Morgan fingerprint density at radius 3 is 2.50 bits per heavy atom. The van der Waals surface area contributed by atoms with E-state index >= 15 is 0 Å². The van der Waals surface area contributed by atoms with Gasteiger partial charge in [-0.2, -0.15) is 10.2 Å². The quantitative estimate of drug-likeness (QED) is 0.720. The van der Waals surface area contributed by atoms with Crippen LogP contribution in [0.5, 0.6) is 0 Å². The number of likely N-dealkylation sites (tertiary alicyclic amines) is 1. The van der Waals surface area contributed by atoms with E-state index in [2.05, 4.69) is 15.1 Å². The first-order valence-corrected chi connectivity index (χ1v) is 6.38. The fourth-order valence-electron chi connectivity index (χ4n) is 3.13. The molecule has 0 bridgehead atoms. The van der Waals surface area contributed by atoms with Gasteiger partial charge in [0.25, 0.3) is 0 Å². The number of hydrogen-bond donors (Lipinski definition) is 0. The largest absolute Gasteiger partial charge is 0.342 e. The van der Waals surface area contributed by atoms with Gasteiger partial charge in [0.05, 0.1) is 0 Å². The maximum atomic E-state index is 12.0. The van der Waals surface area contributed by atoms with Crippen LogP contribution in [0.15, 0.2) is 10.2 Å². The summed E-state index contributed by atoms with van der Waals surface area (Å²) in [7, 11) is 0. The Bertz CT molecular complexity index is 321. The normalized spacial score (nSPS) is 34.2.